The molecule has 0 bridgehead atoms. The summed E-state index contributed by atoms with van der Waals surface area (Å²) in [5, 5.41) is 2.98. The molecule has 1 heterocycles. The lowest BCUT2D eigenvalue weighted by atomic mass is 10.0. The standard InChI is InChI=1S/C14H15NOS/c1-10-4-3-5-12(6-10)7-14(16)8-13-9-17-11(2)15-13/h3-6,9H,7-8H2,1-2H3. The lowest BCUT2D eigenvalue weighted by Gasteiger charge is -2.01. The molecular weight excluding hydrogens is 230 g/mol. The summed E-state index contributed by atoms with van der Waals surface area (Å²) in [5.41, 5.74) is 3.17. The lowest BCUT2D eigenvalue weighted by Crippen LogP contribution is -2.06. The Labute approximate surface area is 105 Å². The van der Waals surface area contributed by atoms with Crippen molar-refractivity contribution < 1.29 is 4.79 Å². The molecule has 3 heteroatoms. The Morgan fingerprint density at radius 2 is 2.12 bits per heavy atom. The quantitative estimate of drug-likeness (QED) is 0.828. The molecule has 0 spiro atoms. The molecule has 0 aliphatic carbocycles. The van der Waals surface area contributed by atoms with Crippen LogP contribution in [0.25, 0.3) is 0 Å². The summed E-state index contributed by atoms with van der Waals surface area (Å²) in [6, 6.07) is 8.09. The van der Waals surface area contributed by atoms with Crippen LogP contribution in [0.4, 0.5) is 0 Å². The molecule has 0 saturated heterocycles. The van der Waals surface area contributed by atoms with E-state index < -0.39 is 0 Å². The summed E-state index contributed by atoms with van der Waals surface area (Å²) in [6.45, 7) is 4.00. The van der Waals surface area contributed by atoms with Crippen LogP contribution in [0.5, 0.6) is 0 Å². The minimum Gasteiger partial charge on any atom is -0.299 e. The van der Waals surface area contributed by atoms with E-state index >= 15 is 0 Å². The lowest BCUT2D eigenvalue weighted by molar-refractivity contribution is -0.117. The third-order valence-corrected chi connectivity index (χ3v) is 3.35. The average molecular weight is 245 g/mol. The zero-order valence-corrected chi connectivity index (χ0v) is 10.9. The third-order valence-electron chi connectivity index (χ3n) is 2.53. The first-order valence-electron chi connectivity index (χ1n) is 5.62. The van der Waals surface area contributed by atoms with Gasteiger partial charge < -0.3 is 0 Å². The normalized spacial score (nSPS) is 10.5. The monoisotopic (exact) mass is 245 g/mol. The molecule has 2 nitrogen and oxygen atoms in total. The molecule has 0 amide bonds. The van der Waals surface area contributed by atoms with Gasteiger partial charge in [0.1, 0.15) is 5.78 Å². The zero-order chi connectivity index (χ0) is 12.3. The molecule has 0 saturated carbocycles. The summed E-state index contributed by atoms with van der Waals surface area (Å²) in [6.07, 6.45) is 0.941. The molecule has 1 aromatic carbocycles. The molecule has 0 aliphatic heterocycles. The van der Waals surface area contributed by atoms with Crippen LogP contribution in [0, 0.1) is 13.8 Å². The first-order chi connectivity index (χ1) is 8.13. The van der Waals surface area contributed by atoms with Gasteiger partial charge in [0.05, 0.1) is 10.7 Å². The fourth-order valence-corrected chi connectivity index (χ4v) is 2.42. The van der Waals surface area contributed by atoms with Crippen LogP contribution in [0.1, 0.15) is 21.8 Å². The van der Waals surface area contributed by atoms with Crippen molar-refractivity contribution in [2.45, 2.75) is 26.7 Å². The van der Waals surface area contributed by atoms with E-state index in [4.69, 9.17) is 0 Å². The zero-order valence-electron chi connectivity index (χ0n) is 10.1. The fourth-order valence-electron chi connectivity index (χ4n) is 1.80. The summed E-state index contributed by atoms with van der Waals surface area (Å²) in [4.78, 5) is 16.2. The Morgan fingerprint density at radius 1 is 1.29 bits per heavy atom. The Morgan fingerprint density at radius 3 is 2.76 bits per heavy atom. The van der Waals surface area contributed by atoms with Gasteiger partial charge in [-0.25, -0.2) is 4.98 Å². The van der Waals surface area contributed by atoms with Gasteiger partial charge in [-0.2, -0.15) is 0 Å². The second kappa shape index (κ2) is 5.23. The van der Waals surface area contributed by atoms with Gasteiger partial charge in [-0.3, -0.25) is 4.79 Å². The first-order valence-corrected chi connectivity index (χ1v) is 6.50. The van der Waals surface area contributed by atoms with Gasteiger partial charge >= 0.3 is 0 Å². The minimum atomic E-state index is 0.223. The molecule has 0 N–H and O–H groups in total. The summed E-state index contributed by atoms with van der Waals surface area (Å²) in [5.74, 6) is 0.223. The Kier molecular flexibility index (Phi) is 3.69. The smallest absolute Gasteiger partial charge is 0.143 e. The molecule has 0 atom stereocenters. The van der Waals surface area contributed by atoms with Crippen LogP contribution < -0.4 is 0 Å². The van der Waals surface area contributed by atoms with Crippen LogP contribution >= 0.6 is 11.3 Å². The molecule has 2 aromatic rings. The molecule has 88 valence electrons. The number of aromatic nitrogens is 1. The van der Waals surface area contributed by atoms with Crippen molar-refractivity contribution in [3.05, 3.63) is 51.5 Å². The van der Waals surface area contributed by atoms with Gasteiger partial charge in [0.25, 0.3) is 0 Å². The number of aryl methyl sites for hydroxylation is 2. The highest BCUT2D eigenvalue weighted by Gasteiger charge is 2.07. The number of ketones is 1. The predicted molar refractivity (Wildman–Crippen MR) is 70.4 cm³/mol. The maximum absolute atomic E-state index is 11.9. The van der Waals surface area contributed by atoms with E-state index in [1.165, 1.54) is 5.56 Å². The summed E-state index contributed by atoms with van der Waals surface area (Å²) < 4.78 is 0. The van der Waals surface area contributed by atoms with Gasteiger partial charge in [0, 0.05) is 18.2 Å². The molecule has 0 fully saturated rings. The van der Waals surface area contributed by atoms with E-state index in [2.05, 4.69) is 11.1 Å². The van der Waals surface area contributed by atoms with E-state index in [1.807, 2.05) is 37.4 Å². The molecule has 1 aromatic heterocycles. The van der Waals surface area contributed by atoms with Crippen LogP contribution in [0.2, 0.25) is 0 Å². The van der Waals surface area contributed by atoms with Gasteiger partial charge in [-0.15, -0.1) is 11.3 Å². The number of thiazole rings is 1. The van der Waals surface area contributed by atoms with Crippen LogP contribution in [-0.2, 0) is 17.6 Å². The Hall–Kier alpha value is -1.48. The number of Topliss-reactive ketones (excluding diaryl/α,β-unsaturated/α-hetero) is 1. The van der Waals surface area contributed by atoms with Gasteiger partial charge in [-0.1, -0.05) is 29.8 Å². The van der Waals surface area contributed by atoms with E-state index in [0.29, 0.717) is 12.8 Å². The number of nitrogens with zero attached hydrogens (tertiary/aromatic N) is 1. The molecule has 0 radical (unpaired) electrons. The van der Waals surface area contributed by atoms with Gasteiger partial charge in [0.15, 0.2) is 0 Å². The van der Waals surface area contributed by atoms with Gasteiger partial charge in [0.2, 0.25) is 0 Å². The Bertz CT molecular complexity index is 531. The number of hydrogen-bond donors (Lipinski definition) is 0. The second-order valence-electron chi connectivity index (χ2n) is 4.24. The average Bonchev–Trinajstić information content (AvgIpc) is 2.63. The van der Waals surface area contributed by atoms with E-state index in [9.17, 15) is 4.79 Å². The van der Waals surface area contributed by atoms with Crippen LogP contribution in [0.15, 0.2) is 29.6 Å². The highest BCUT2D eigenvalue weighted by atomic mass is 32.1. The van der Waals surface area contributed by atoms with Crippen molar-refractivity contribution in [1.82, 2.24) is 4.98 Å². The van der Waals surface area contributed by atoms with Crippen molar-refractivity contribution in [3.63, 3.8) is 0 Å². The molecule has 2 rings (SSSR count). The molecule has 0 aliphatic rings. The first kappa shape index (κ1) is 12.0. The Balaban J connectivity index is 1.98. The van der Waals surface area contributed by atoms with Crippen molar-refractivity contribution in [2.75, 3.05) is 0 Å². The van der Waals surface area contributed by atoms with Crippen molar-refractivity contribution in [2.24, 2.45) is 0 Å². The summed E-state index contributed by atoms with van der Waals surface area (Å²) in [7, 11) is 0. The SMILES string of the molecule is Cc1cccc(CC(=O)Cc2csc(C)n2)c1. The van der Waals surface area contributed by atoms with Crippen LogP contribution in [-0.4, -0.2) is 10.8 Å². The fraction of sp³-hybridized carbons (Fsp3) is 0.286. The molecular formula is C14H15NOS. The van der Waals surface area contributed by atoms with E-state index in [1.54, 1.807) is 11.3 Å². The second-order valence-corrected chi connectivity index (χ2v) is 5.30. The molecule has 17 heavy (non-hydrogen) atoms. The minimum absolute atomic E-state index is 0.223. The number of carbonyl (C=O) groups excluding carboxylic acids is 1. The maximum atomic E-state index is 11.9. The van der Waals surface area contributed by atoms with Crippen molar-refractivity contribution >= 4 is 17.1 Å². The maximum Gasteiger partial charge on any atom is 0.143 e. The van der Waals surface area contributed by atoms with Crippen molar-refractivity contribution in [1.29, 1.82) is 0 Å². The summed E-state index contributed by atoms with van der Waals surface area (Å²) >= 11 is 1.59. The number of rotatable bonds is 4. The number of benzene rings is 1. The highest BCUT2D eigenvalue weighted by Crippen LogP contribution is 2.11. The highest BCUT2D eigenvalue weighted by molar-refractivity contribution is 7.09. The van der Waals surface area contributed by atoms with Crippen molar-refractivity contribution in [3.8, 4) is 0 Å². The van der Waals surface area contributed by atoms with Gasteiger partial charge in [-0.05, 0) is 19.4 Å². The predicted octanol–water partition coefficient (Wildman–Crippen LogP) is 3.11. The number of hydrogen-bond acceptors (Lipinski definition) is 3. The molecule has 0 unspecified atom stereocenters. The van der Waals surface area contributed by atoms with E-state index in [0.717, 1.165) is 16.3 Å². The third kappa shape index (κ3) is 3.49. The largest absolute Gasteiger partial charge is 0.299 e. The van der Waals surface area contributed by atoms with E-state index in [-0.39, 0.29) is 5.78 Å². The number of carbonyl (C=O) groups is 1. The van der Waals surface area contributed by atoms with Crippen LogP contribution in [0.3, 0.4) is 0 Å². The topological polar surface area (TPSA) is 30.0 Å².